The summed E-state index contributed by atoms with van der Waals surface area (Å²) in [5, 5.41) is 23.7. The second-order valence-electron chi connectivity index (χ2n) is 6.35. The van der Waals surface area contributed by atoms with Crippen LogP contribution in [0.1, 0.15) is 29.3 Å². The molecule has 1 aromatic carbocycles. The molecular formula is C18H15F2N5O. The van der Waals surface area contributed by atoms with Gasteiger partial charge in [-0.25, -0.2) is 18.3 Å². The van der Waals surface area contributed by atoms with E-state index in [0.717, 1.165) is 18.2 Å². The van der Waals surface area contributed by atoms with E-state index >= 15 is 0 Å². The van der Waals surface area contributed by atoms with Gasteiger partial charge in [0.1, 0.15) is 29.1 Å². The third-order valence-corrected chi connectivity index (χ3v) is 4.65. The van der Waals surface area contributed by atoms with Crippen LogP contribution in [0.25, 0.3) is 5.65 Å². The maximum Gasteiger partial charge on any atom is 0.175 e. The first-order valence-electron chi connectivity index (χ1n) is 8.13. The Morgan fingerprint density at radius 2 is 2.12 bits per heavy atom. The first-order valence-corrected chi connectivity index (χ1v) is 8.13. The van der Waals surface area contributed by atoms with Gasteiger partial charge >= 0.3 is 0 Å². The molecule has 1 saturated heterocycles. The Kier molecular flexibility index (Phi) is 3.81. The van der Waals surface area contributed by atoms with E-state index in [9.17, 15) is 19.1 Å². The summed E-state index contributed by atoms with van der Waals surface area (Å²) in [7, 11) is 0. The van der Waals surface area contributed by atoms with Crippen LogP contribution in [0.2, 0.25) is 0 Å². The minimum absolute atomic E-state index is 0.174. The molecule has 8 heteroatoms. The number of hydrogen-bond acceptors (Lipinski definition) is 5. The van der Waals surface area contributed by atoms with Crippen molar-refractivity contribution in [2.45, 2.75) is 25.5 Å². The molecule has 0 aliphatic carbocycles. The van der Waals surface area contributed by atoms with Gasteiger partial charge in [0.15, 0.2) is 5.65 Å². The van der Waals surface area contributed by atoms with Crippen LogP contribution in [0.5, 0.6) is 0 Å². The van der Waals surface area contributed by atoms with E-state index in [2.05, 4.69) is 16.2 Å². The van der Waals surface area contributed by atoms with Gasteiger partial charge in [0.2, 0.25) is 0 Å². The normalized spacial score (nSPS) is 19.9. The fourth-order valence-corrected chi connectivity index (χ4v) is 3.45. The van der Waals surface area contributed by atoms with E-state index in [1.807, 2.05) is 0 Å². The highest BCUT2D eigenvalue weighted by molar-refractivity contribution is 5.61. The molecule has 1 aliphatic rings. The van der Waals surface area contributed by atoms with Gasteiger partial charge in [-0.3, -0.25) is 0 Å². The van der Waals surface area contributed by atoms with Crippen LogP contribution in [-0.2, 0) is 0 Å². The first kappa shape index (κ1) is 16.4. The molecule has 0 spiro atoms. The minimum atomic E-state index is -0.692. The molecule has 0 bridgehead atoms. The van der Waals surface area contributed by atoms with Crippen LogP contribution in [0, 0.1) is 29.9 Å². The third-order valence-electron chi connectivity index (χ3n) is 4.65. The highest BCUT2D eigenvalue weighted by Gasteiger charge is 2.35. The number of anilines is 1. The molecule has 6 nitrogen and oxygen atoms in total. The lowest BCUT2D eigenvalue weighted by Crippen LogP contribution is -2.26. The van der Waals surface area contributed by atoms with Crippen LogP contribution >= 0.6 is 0 Å². The average molecular weight is 355 g/mol. The molecule has 3 aromatic rings. The molecule has 2 aromatic heterocycles. The Labute approximate surface area is 147 Å². The molecular weight excluding hydrogens is 340 g/mol. The van der Waals surface area contributed by atoms with Crippen molar-refractivity contribution in [2.75, 3.05) is 11.4 Å². The average Bonchev–Trinajstić information content (AvgIpc) is 3.15. The standard InChI is InChI=1S/C18H15F2N5O/c1-10-14(8-21)18-22-17(4-5-25(18)23-10)24-9-12(26)7-16(24)13-6-11(19)2-3-15(13)20/h2-6,12,16,26H,7,9H2,1H3/t12-,16-/m0/s1. The summed E-state index contributed by atoms with van der Waals surface area (Å²) in [5.74, 6) is -0.599. The van der Waals surface area contributed by atoms with Gasteiger partial charge in [0, 0.05) is 18.3 Å². The smallest absolute Gasteiger partial charge is 0.175 e. The third kappa shape index (κ3) is 2.57. The van der Waals surface area contributed by atoms with E-state index in [1.54, 1.807) is 24.1 Å². The Morgan fingerprint density at radius 3 is 2.88 bits per heavy atom. The molecule has 0 saturated carbocycles. The van der Waals surface area contributed by atoms with Crippen molar-refractivity contribution in [3.8, 4) is 6.07 Å². The maximum absolute atomic E-state index is 14.3. The lowest BCUT2D eigenvalue weighted by Gasteiger charge is -2.26. The predicted molar refractivity (Wildman–Crippen MR) is 89.5 cm³/mol. The number of nitrogens with zero attached hydrogens (tertiary/aromatic N) is 5. The van der Waals surface area contributed by atoms with Crippen LogP contribution in [0.15, 0.2) is 30.5 Å². The molecule has 2 atom stereocenters. The number of hydrogen-bond donors (Lipinski definition) is 1. The number of fused-ring (bicyclic) bond motifs is 1. The van der Waals surface area contributed by atoms with Crippen LogP contribution in [0.4, 0.5) is 14.6 Å². The molecule has 0 amide bonds. The Bertz CT molecular complexity index is 1040. The van der Waals surface area contributed by atoms with Crippen LogP contribution in [-0.4, -0.2) is 32.4 Å². The number of aliphatic hydroxyl groups is 1. The quantitative estimate of drug-likeness (QED) is 0.764. The molecule has 1 aliphatic heterocycles. The largest absolute Gasteiger partial charge is 0.391 e. The zero-order chi connectivity index (χ0) is 18.4. The monoisotopic (exact) mass is 355 g/mol. The van der Waals surface area contributed by atoms with Gasteiger partial charge in [-0.05, 0) is 37.6 Å². The molecule has 0 unspecified atom stereocenters. The summed E-state index contributed by atoms with van der Waals surface area (Å²) < 4.78 is 29.4. The molecule has 4 rings (SSSR count). The van der Waals surface area contributed by atoms with E-state index in [-0.39, 0.29) is 18.5 Å². The maximum atomic E-state index is 14.3. The number of nitriles is 1. The number of benzene rings is 1. The van der Waals surface area contributed by atoms with Gasteiger partial charge in [-0.15, -0.1) is 0 Å². The van der Waals surface area contributed by atoms with Crippen molar-refractivity contribution in [1.29, 1.82) is 5.26 Å². The Hall–Kier alpha value is -3.05. The number of rotatable bonds is 2. The predicted octanol–water partition coefficient (Wildman–Crippen LogP) is 2.50. The van der Waals surface area contributed by atoms with Crippen molar-refractivity contribution < 1.29 is 13.9 Å². The van der Waals surface area contributed by atoms with Gasteiger partial charge in [-0.1, -0.05) is 0 Å². The molecule has 26 heavy (non-hydrogen) atoms. The molecule has 3 heterocycles. The molecule has 0 radical (unpaired) electrons. The Balaban J connectivity index is 1.81. The number of halogens is 2. The Morgan fingerprint density at radius 1 is 1.31 bits per heavy atom. The lowest BCUT2D eigenvalue weighted by atomic mass is 10.0. The SMILES string of the molecule is Cc1nn2ccc(N3C[C@@H](O)C[C@H]3c3cc(F)ccc3F)nc2c1C#N. The highest BCUT2D eigenvalue weighted by atomic mass is 19.1. The zero-order valence-electron chi connectivity index (χ0n) is 13.9. The van der Waals surface area contributed by atoms with Crippen LogP contribution < -0.4 is 4.90 Å². The first-order chi connectivity index (χ1) is 12.5. The number of aryl methyl sites for hydroxylation is 1. The molecule has 1 N–H and O–H groups in total. The van der Waals surface area contributed by atoms with Crippen molar-refractivity contribution in [3.05, 3.63) is 58.9 Å². The summed E-state index contributed by atoms with van der Waals surface area (Å²) in [6, 6.07) is 6.50. The molecule has 132 valence electrons. The summed E-state index contributed by atoms with van der Waals surface area (Å²) in [5.41, 5.74) is 1.49. The van der Waals surface area contributed by atoms with Crippen molar-refractivity contribution >= 4 is 11.5 Å². The van der Waals surface area contributed by atoms with Crippen molar-refractivity contribution in [2.24, 2.45) is 0 Å². The van der Waals surface area contributed by atoms with E-state index in [0.29, 0.717) is 22.7 Å². The second kappa shape index (κ2) is 6.04. The molecule has 1 fully saturated rings. The van der Waals surface area contributed by atoms with E-state index in [1.165, 1.54) is 4.52 Å². The fourth-order valence-electron chi connectivity index (χ4n) is 3.45. The lowest BCUT2D eigenvalue weighted by molar-refractivity contribution is 0.194. The van der Waals surface area contributed by atoms with E-state index < -0.39 is 23.8 Å². The zero-order valence-corrected chi connectivity index (χ0v) is 13.9. The van der Waals surface area contributed by atoms with Gasteiger partial charge in [0.05, 0.1) is 17.8 Å². The number of aromatic nitrogens is 3. The second-order valence-corrected chi connectivity index (χ2v) is 6.35. The van der Waals surface area contributed by atoms with Gasteiger partial charge in [-0.2, -0.15) is 10.4 Å². The van der Waals surface area contributed by atoms with Crippen LogP contribution in [0.3, 0.4) is 0 Å². The van der Waals surface area contributed by atoms with Gasteiger partial charge < -0.3 is 10.0 Å². The fraction of sp³-hybridized carbons (Fsp3) is 0.278. The van der Waals surface area contributed by atoms with Gasteiger partial charge in [0.25, 0.3) is 0 Å². The number of aliphatic hydroxyl groups excluding tert-OH is 1. The summed E-state index contributed by atoms with van der Waals surface area (Å²) in [6.07, 6.45) is 1.23. The summed E-state index contributed by atoms with van der Waals surface area (Å²) in [6.45, 7) is 1.95. The van der Waals surface area contributed by atoms with E-state index in [4.69, 9.17) is 0 Å². The topological polar surface area (TPSA) is 77.4 Å². The summed E-state index contributed by atoms with van der Waals surface area (Å²) in [4.78, 5) is 6.22. The highest BCUT2D eigenvalue weighted by Crippen LogP contribution is 2.37. The number of β-amino-alcohol motifs (C(OH)–C–C–N with tert-alkyl or cyclic N) is 1. The summed E-state index contributed by atoms with van der Waals surface area (Å²) >= 11 is 0. The van der Waals surface area contributed by atoms with Crippen molar-refractivity contribution in [1.82, 2.24) is 14.6 Å². The van der Waals surface area contributed by atoms with Crippen molar-refractivity contribution in [3.63, 3.8) is 0 Å². The minimum Gasteiger partial charge on any atom is -0.391 e.